The zero-order valence-electron chi connectivity index (χ0n) is 16.7. The summed E-state index contributed by atoms with van der Waals surface area (Å²) in [5, 5.41) is 6.87. The van der Waals surface area contributed by atoms with Crippen molar-refractivity contribution in [2.45, 2.75) is 56.3 Å². The molecule has 0 spiro atoms. The molecule has 8 heteroatoms. The molecule has 2 heterocycles. The summed E-state index contributed by atoms with van der Waals surface area (Å²) in [6, 6.07) is 5.15. The van der Waals surface area contributed by atoms with Crippen molar-refractivity contribution in [3.8, 4) is 17.0 Å². The largest absolute Gasteiger partial charge is 0.495 e. The normalized spacial score (nSPS) is 18.1. The summed E-state index contributed by atoms with van der Waals surface area (Å²) >= 11 is 0. The molecule has 29 heavy (non-hydrogen) atoms. The van der Waals surface area contributed by atoms with Crippen molar-refractivity contribution in [1.82, 2.24) is 14.5 Å². The summed E-state index contributed by atoms with van der Waals surface area (Å²) in [6.45, 7) is 1.06. The minimum absolute atomic E-state index is 0.144. The minimum Gasteiger partial charge on any atom is -0.495 e. The highest BCUT2D eigenvalue weighted by Gasteiger charge is 2.29. The Labute approximate surface area is 171 Å². The van der Waals surface area contributed by atoms with Gasteiger partial charge in [-0.1, -0.05) is 12.8 Å². The molecule has 0 radical (unpaired) electrons. The topological polar surface area (TPSA) is 92.4 Å². The van der Waals surface area contributed by atoms with Gasteiger partial charge in [-0.15, -0.1) is 0 Å². The van der Waals surface area contributed by atoms with Crippen molar-refractivity contribution in [3.63, 3.8) is 0 Å². The standard InChI is InChI=1S/C21H27N3O4S/c1-28-18-11-10-15(20-16-8-4-5-9-17(16)21(25)23-22-20)14-19(18)29(26,27)24-12-6-2-3-7-13-24/h10-11,14H,2-9,12-13H2,1H3,(H,23,25). The van der Waals surface area contributed by atoms with E-state index in [2.05, 4.69) is 10.2 Å². The highest BCUT2D eigenvalue weighted by Crippen LogP contribution is 2.34. The van der Waals surface area contributed by atoms with Crippen LogP contribution in [0.2, 0.25) is 0 Å². The molecule has 0 bridgehead atoms. The molecular weight excluding hydrogens is 390 g/mol. The first kappa shape index (κ1) is 20.1. The average molecular weight is 418 g/mol. The van der Waals surface area contributed by atoms with Gasteiger partial charge in [-0.05, 0) is 62.3 Å². The number of sulfonamides is 1. The van der Waals surface area contributed by atoms with Crippen LogP contribution in [-0.2, 0) is 22.9 Å². The fourth-order valence-electron chi connectivity index (χ4n) is 4.34. The van der Waals surface area contributed by atoms with E-state index in [0.717, 1.165) is 62.5 Å². The van der Waals surface area contributed by atoms with E-state index >= 15 is 0 Å². The monoisotopic (exact) mass is 417 g/mol. The van der Waals surface area contributed by atoms with Crippen LogP contribution in [0, 0.1) is 0 Å². The van der Waals surface area contributed by atoms with Crippen molar-refractivity contribution in [1.29, 1.82) is 0 Å². The number of aromatic amines is 1. The molecule has 1 N–H and O–H groups in total. The third-order valence-corrected chi connectivity index (χ3v) is 7.84. The van der Waals surface area contributed by atoms with E-state index < -0.39 is 10.0 Å². The lowest BCUT2D eigenvalue weighted by Crippen LogP contribution is -2.32. The van der Waals surface area contributed by atoms with E-state index in [-0.39, 0.29) is 10.5 Å². The van der Waals surface area contributed by atoms with Crippen molar-refractivity contribution in [2.75, 3.05) is 20.2 Å². The van der Waals surface area contributed by atoms with Crippen LogP contribution in [0.5, 0.6) is 5.75 Å². The van der Waals surface area contributed by atoms with Crippen LogP contribution in [-0.4, -0.2) is 43.1 Å². The third-order valence-electron chi connectivity index (χ3n) is 5.92. The predicted octanol–water partition coefficient (Wildman–Crippen LogP) is 2.89. The fourth-order valence-corrected chi connectivity index (χ4v) is 6.04. The Kier molecular flexibility index (Phi) is 5.74. The number of nitrogens with one attached hydrogen (secondary N) is 1. The number of aromatic nitrogens is 2. The maximum atomic E-state index is 13.4. The summed E-state index contributed by atoms with van der Waals surface area (Å²) in [4.78, 5) is 12.3. The van der Waals surface area contributed by atoms with Crippen molar-refractivity contribution in [2.24, 2.45) is 0 Å². The molecule has 1 aromatic carbocycles. The quantitative estimate of drug-likeness (QED) is 0.826. The molecule has 0 atom stereocenters. The van der Waals surface area contributed by atoms with Gasteiger partial charge >= 0.3 is 0 Å². The number of methoxy groups -OCH3 is 1. The van der Waals surface area contributed by atoms with Crippen LogP contribution in [0.25, 0.3) is 11.3 Å². The van der Waals surface area contributed by atoms with Gasteiger partial charge in [0.1, 0.15) is 10.6 Å². The summed E-state index contributed by atoms with van der Waals surface area (Å²) in [7, 11) is -2.20. The summed E-state index contributed by atoms with van der Waals surface area (Å²) in [5.41, 5.74) is 2.91. The maximum Gasteiger partial charge on any atom is 0.267 e. The first-order valence-electron chi connectivity index (χ1n) is 10.3. The van der Waals surface area contributed by atoms with Crippen LogP contribution in [0.3, 0.4) is 0 Å². The molecule has 4 rings (SSSR count). The van der Waals surface area contributed by atoms with E-state index in [1.807, 2.05) is 6.07 Å². The smallest absolute Gasteiger partial charge is 0.267 e. The number of nitrogens with zero attached hydrogens (tertiary/aromatic N) is 2. The molecule has 1 saturated heterocycles. The molecule has 0 unspecified atom stereocenters. The molecule has 1 aliphatic carbocycles. The molecule has 2 aromatic rings. The number of fused-ring (bicyclic) bond motifs is 1. The molecule has 0 amide bonds. The lowest BCUT2D eigenvalue weighted by Gasteiger charge is -2.22. The second kappa shape index (κ2) is 8.28. The molecule has 1 fully saturated rings. The molecule has 156 valence electrons. The Hall–Kier alpha value is -2.19. The predicted molar refractivity (Wildman–Crippen MR) is 111 cm³/mol. The van der Waals surface area contributed by atoms with Crippen LogP contribution >= 0.6 is 0 Å². The van der Waals surface area contributed by atoms with Crippen molar-refractivity contribution >= 4 is 10.0 Å². The van der Waals surface area contributed by atoms with Gasteiger partial charge in [0.05, 0.1) is 12.8 Å². The Morgan fingerprint density at radius 2 is 1.69 bits per heavy atom. The maximum absolute atomic E-state index is 13.4. The minimum atomic E-state index is -3.68. The number of ether oxygens (including phenoxy) is 1. The number of benzene rings is 1. The van der Waals surface area contributed by atoms with Gasteiger partial charge in [0, 0.05) is 24.2 Å². The van der Waals surface area contributed by atoms with E-state index in [9.17, 15) is 13.2 Å². The van der Waals surface area contributed by atoms with Gasteiger partial charge in [-0.25, -0.2) is 13.5 Å². The molecule has 1 aromatic heterocycles. The highest BCUT2D eigenvalue weighted by molar-refractivity contribution is 7.89. The molecule has 2 aliphatic rings. The summed E-state index contributed by atoms with van der Waals surface area (Å²) in [5.74, 6) is 0.330. The lowest BCUT2D eigenvalue weighted by atomic mass is 9.90. The second-order valence-corrected chi connectivity index (χ2v) is 9.66. The van der Waals surface area contributed by atoms with Gasteiger partial charge in [-0.3, -0.25) is 4.79 Å². The van der Waals surface area contributed by atoms with Gasteiger partial charge in [0.15, 0.2) is 0 Å². The zero-order chi connectivity index (χ0) is 20.4. The molecule has 0 saturated carbocycles. The van der Waals surface area contributed by atoms with Crippen LogP contribution < -0.4 is 10.3 Å². The fraction of sp³-hybridized carbons (Fsp3) is 0.524. The SMILES string of the molecule is COc1ccc(-c2n[nH]c(=O)c3c2CCCC3)cc1S(=O)(=O)N1CCCCCC1. The zero-order valence-corrected chi connectivity index (χ0v) is 17.6. The first-order valence-corrected chi connectivity index (χ1v) is 11.8. The van der Waals surface area contributed by atoms with Gasteiger partial charge in [-0.2, -0.15) is 9.40 Å². The van der Waals surface area contributed by atoms with Crippen LogP contribution in [0.15, 0.2) is 27.9 Å². The van der Waals surface area contributed by atoms with E-state index in [1.165, 1.54) is 7.11 Å². The number of hydrogen-bond donors (Lipinski definition) is 1. The first-order chi connectivity index (χ1) is 14.0. The van der Waals surface area contributed by atoms with Gasteiger partial charge in [0.2, 0.25) is 10.0 Å². The van der Waals surface area contributed by atoms with Crippen molar-refractivity contribution in [3.05, 3.63) is 39.7 Å². The molecule has 1 aliphatic heterocycles. The number of H-pyrrole nitrogens is 1. The Morgan fingerprint density at radius 1 is 1.00 bits per heavy atom. The van der Waals surface area contributed by atoms with Gasteiger partial charge in [0.25, 0.3) is 5.56 Å². The van der Waals surface area contributed by atoms with Crippen LogP contribution in [0.1, 0.15) is 49.7 Å². The molecule has 7 nitrogen and oxygen atoms in total. The average Bonchev–Trinajstić information content (AvgIpc) is 3.04. The van der Waals surface area contributed by atoms with Crippen LogP contribution in [0.4, 0.5) is 0 Å². The summed E-state index contributed by atoms with van der Waals surface area (Å²) < 4.78 is 33.8. The van der Waals surface area contributed by atoms with Gasteiger partial charge < -0.3 is 4.74 Å². The second-order valence-electron chi connectivity index (χ2n) is 7.75. The number of hydrogen-bond acceptors (Lipinski definition) is 5. The Bertz CT molecular complexity index is 1050. The molecular formula is C21H27N3O4S. The Morgan fingerprint density at radius 3 is 2.38 bits per heavy atom. The highest BCUT2D eigenvalue weighted by atomic mass is 32.2. The Balaban J connectivity index is 1.82. The summed E-state index contributed by atoms with van der Waals surface area (Å²) in [6.07, 6.45) is 7.34. The third kappa shape index (κ3) is 3.83. The lowest BCUT2D eigenvalue weighted by molar-refractivity contribution is 0.391. The van der Waals surface area contributed by atoms with E-state index in [4.69, 9.17) is 4.74 Å². The van der Waals surface area contributed by atoms with E-state index in [0.29, 0.717) is 30.1 Å². The van der Waals surface area contributed by atoms with E-state index in [1.54, 1.807) is 16.4 Å². The van der Waals surface area contributed by atoms with Crippen molar-refractivity contribution < 1.29 is 13.2 Å². The number of rotatable bonds is 4.